The van der Waals surface area contributed by atoms with Gasteiger partial charge in [0.15, 0.2) is 0 Å². The van der Waals surface area contributed by atoms with E-state index >= 15 is 0 Å². The van der Waals surface area contributed by atoms with Crippen molar-refractivity contribution in [2.45, 2.75) is 31.7 Å². The number of likely N-dealkylation sites (tertiary alicyclic amines) is 2. The van der Waals surface area contributed by atoms with E-state index in [9.17, 15) is 9.59 Å². The Labute approximate surface area is 161 Å². The number of nitrogens with zero attached hydrogens (tertiary/aromatic N) is 2. The maximum atomic E-state index is 13.4. The molecule has 0 aromatic heterocycles. The lowest BCUT2D eigenvalue weighted by molar-refractivity contribution is -0.147. The molecule has 2 heterocycles. The Bertz CT molecular complexity index is 659. The predicted molar refractivity (Wildman–Crippen MR) is 104 cm³/mol. The number of ether oxygens (including phenoxy) is 1. The van der Waals surface area contributed by atoms with Gasteiger partial charge in [-0.05, 0) is 56.5 Å². The van der Waals surface area contributed by atoms with Crippen LogP contribution in [0.2, 0.25) is 0 Å². The lowest BCUT2D eigenvalue weighted by Gasteiger charge is -2.42. The predicted octanol–water partition coefficient (Wildman–Crippen LogP) is 2.06. The highest BCUT2D eigenvalue weighted by atomic mass is 16.5. The summed E-state index contributed by atoms with van der Waals surface area (Å²) in [7, 11) is 5.41. The lowest BCUT2D eigenvalue weighted by atomic mass is 9.83. The second-order valence-corrected chi connectivity index (χ2v) is 7.72. The van der Waals surface area contributed by atoms with Crippen LogP contribution < -0.4 is 10.1 Å². The molecule has 2 amide bonds. The summed E-state index contributed by atoms with van der Waals surface area (Å²) in [4.78, 5) is 29.5. The van der Waals surface area contributed by atoms with Crippen molar-refractivity contribution in [1.29, 1.82) is 0 Å². The summed E-state index contributed by atoms with van der Waals surface area (Å²) < 4.78 is 5.25. The number of methoxy groups -OCH3 is 1. The van der Waals surface area contributed by atoms with Crippen LogP contribution in [-0.4, -0.2) is 62.5 Å². The van der Waals surface area contributed by atoms with Gasteiger partial charge in [0.05, 0.1) is 19.1 Å². The monoisotopic (exact) mass is 373 g/mol. The van der Waals surface area contributed by atoms with Crippen molar-refractivity contribution in [2.75, 3.05) is 40.8 Å². The average Bonchev–Trinajstić information content (AvgIpc) is 2.70. The first-order chi connectivity index (χ1) is 13.0. The first kappa shape index (κ1) is 19.7. The van der Waals surface area contributed by atoms with E-state index in [-0.39, 0.29) is 23.8 Å². The van der Waals surface area contributed by atoms with Gasteiger partial charge in [0.2, 0.25) is 11.8 Å². The third-order valence-electron chi connectivity index (χ3n) is 5.96. The third-order valence-corrected chi connectivity index (χ3v) is 5.96. The smallest absolute Gasteiger partial charge is 0.228 e. The number of nitrogens with one attached hydrogen (secondary N) is 1. The zero-order valence-electron chi connectivity index (χ0n) is 16.6. The standard InChI is InChI=1S/C21H31N3O3/c1-22-13-15-5-4-12-24(14-15)21(26)18-10-11-19(25)23(2)20(18)16-6-8-17(27-3)9-7-16/h6-9,15,18,20,22H,4-5,10-14H2,1-3H3. The minimum absolute atomic E-state index is 0.103. The minimum Gasteiger partial charge on any atom is -0.497 e. The molecule has 2 saturated heterocycles. The first-order valence-corrected chi connectivity index (χ1v) is 9.88. The van der Waals surface area contributed by atoms with Gasteiger partial charge in [0, 0.05) is 26.6 Å². The fraction of sp³-hybridized carbons (Fsp3) is 0.619. The largest absolute Gasteiger partial charge is 0.497 e. The van der Waals surface area contributed by atoms with Gasteiger partial charge in [-0.15, -0.1) is 0 Å². The normalized spacial score (nSPS) is 26.2. The Balaban J connectivity index is 1.82. The van der Waals surface area contributed by atoms with E-state index in [1.54, 1.807) is 12.0 Å². The second kappa shape index (κ2) is 8.74. The van der Waals surface area contributed by atoms with Crippen molar-refractivity contribution in [3.63, 3.8) is 0 Å². The fourth-order valence-electron chi connectivity index (χ4n) is 4.51. The fourth-order valence-corrected chi connectivity index (χ4v) is 4.51. The third kappa shape index (κ3) is 4.26. The van der Waals surface area contributed by atoms with E-state index in [1.165, 1.54) is 0 Å². The van der Waals surface area contributed by atoms with Crippen LogP contribution in [0.25, 0.3) is 0 Å². The van der Waals surface area contributed by atoms with Crippen LogP contribution in [-0.2, 0) is 9.59 Å². The maximum Gasteiger partial charge on any atom is 0.228 e. The molecule has 0 saturated carbocycles. The van der Waals surface area contributed by atoms with Gasteiger partial charge in [-0.1, -0.05) is 12.1 Å². The van der Waals surface area contributed by atoms with E-state index in [4.69, 9.17) is 4.74 Å². The number of rotatable bonds is 5. The van der Waals surface area contributed by atoms with Gasteiger partial charge < -0.3 is 19.9 Å². The summed E-state index contributed by atoms with van der Waals surface area (Å²) in [6.07, 6.45) is 3.27. The number of piperidine rings is 2. The summed E-state index contributed by atoms with van der Waals surface area (Å²) in [5.41, 5.74) is 0.994. The molecule has 6 nitrogen and oxygen atoms in total. The first-order valence-electron chi connectivity index (χ1n) is 9.88. The van der Waals surface area contributed by atoms with Crippen molar-refractivity contribution in [3.8, 4) is 5.75 Å². The van der Waals surface area contributed by atoms with Gasteiger partial charge in [0.1, 0.15) is 5.75 Å². The van der Waals surface area contributed by atoms with Gasteiger partial charge in [-0.25, -0.2) is 0 Å². The highest BCUT2D eigenvalue weighted by molar-refractivity contribution is 5.85. The molecule has 2 fully saturated rings. The van der Waals surface area contributed by atoms with E-state index in [2.05, 4.69) is 5.32 Å². The SMILES string of the molecule is CNCC1CCCN(C(=O)C2CCC(=O)N(C)C2c2ccc(OC)cc2)C1. The number of benzene rings is 1. The Morgan fingerprint density at radius 3 is 2.67 bits per heavy atom. The number of hydrogen-bond acceptors (Lipinski definition) is 4. The molecule has 1 aromatic carbocycles. The zero-order valence-corrected chi connectivity index (χ0v) is 16.6. The molecule has 27 heavy (non-hydrogen) atoms. The summed E-state index contributed by atoms with van der Waals surface area (Å²) in [5, 5.41) is 3.23. The highest BCUT2D eigenvalue weighted by Crippen LogP contribution is 2.38. The number of carbonyl (C=O) groups excluding carboxylic acids is 2. The molecule has 2 aliphatic rings. The van der Waals surface area contributed by atoms with Crippen LogP contribution in [0, 0.1) is 11.8 Å². The van der Waals surface area contributed by atoms with Crippen molar-refractivity contribution in [3.05, 3.63) is 29.8 Å². The Kier molecular flexibility index (Phi) is 6.37. The van der Waals surface area contributed by atoms with Crippen LogP contribution in [0.15, 0.2) is 24.3 Å². The molecule has 0 radical (unpaired) electrons. The summed E-state index contributed by atoms with van der Waals surface area (Å²) in [6, 6.07) is 7.52. The molecule has 148 valence electrons. The van der Waals surface area contributed by atoms with Crippen molar-refractivity contribution < 1.29 is 14.3 Å². The molecule has 3 unspecified atom stereocenters. The molecular weight excluding hydrogens is 342 g/mol. The quantitative estimate of drug-likeness (QED) is 0.858. The molecule has 6 heteroatoms. The Morgan fingerprint density at radius 2 is 2.00 bits per heavy atom. The van der Waals surface area contributed by atoms with Gasteiger partial charge >= 0.3 is 0 Å². The topological polar surface area (TPSA) is 61.9 Å². The van der Waals surface area contributed by atoms with E-state index in [0.717, 1.165) is 43.8 Å². The summed E-state index contributed by atoms with van der Waals surface area (Å²) in [6.45, 7) is 2.57. The molecule has 1 N–H and O–H groups in total. The average molecular weight is 373 g/mol. The van der Waals surface area contributed by atoms with Crippen LogP contribution in [0.3, 0.4) is 0 Å². The molecule has 3 atom stereocenters. The van der Waals surface area contributed by atoms with Crippen LogP contribution in [0.4, 0.5) is 0 Å². The van der Waals surface area contributed by atoms with Gasteiger partial charge in [-0.2, -0.15) is 0 Å². The van der Waals surface area contributed by atoms with Crippen LogP contribution in [0.5, 0.6) is 5.75 Å². The lowest BCUT2D eigenvalue weighted by Crippen LogP contribution is -2.50. The number of amides is 2. The Hall–Kier alpha value is -2.08. The van der Waals surface area contributed by atoms with Crippen molar-refractivity contribution in [2.24, 2.45) is 11.8 Å². The minimum atomic E-state index is -0.214. The maximum absolute atomic E-state index is 13.4. The summed E-state index contributed by atoms with van der Waals surface area (Å²) in [5.74, 6) is 1.39. The van der Waals surface area contributed by atoms with Crippen LogP contribution in [0.1, 0.15) is 37.3 Å². The second-order valence-electron chi connectivity index (χ2n) is 7.72. The molecule has 0 spiro atoms. The number of hydrogen-bond donors (Lipinski definition) is 1. The van der Waals surface area contributed by atoms with Crippen molar-refractivity contribution >= 4 is 11.8 Å². The van der Waals surface area contributed by atoms with Gasteiger partial charge in [-0.3, -0.25) is 9.59 Å². The van der Waals surface area contributed by atoms with E-state index < -0.39 is 0 Å². The molecule has 0 aliphatic carbocycles. The molecular formula is C21H31N3O3. The molecule has 0 bridgehead atoms. The highest BCUT2D eigenvalue weighted by Gasteiger charge is 2.41. The molecule has 2 aliphatic heterocycles. The number of carbonyl (C=O) groups is 2. The molecule has 1 aromatic rings. The Morgan fingerprint density at radius 1 is 1.26 bits per heavy atom. The summed E-state index contributed by atoms with van der Waals surface area (Å²) >= 11 is 0. The molecule has 3 rings (SSSR count). The zero-order chi connectivity index (χ0) is 19.4. The van der Waals surface area contributed by atoms with Gasteiger partial charge in [0.25, 0.3) is 0 Å². The van der Waals surface area contributed by atoms with Crippen molar-refractivity contribution in [1.82, 2.24) is 15.1 Å². The van der Waals surface area contributed by atoms with E-state index in [1.807, 2.05) is 43.3 Å². The van der Waals surface area contributed by atoms with E-state index in [0.29, 0.717) is 18.8 Å². The van der Waals surface area contributed by atoms with Crippen LogP contribution >= 0.6 is 0 Å².